The highest BCUT2D eigenvalue weighted by molar-refractivity contribution is 5.50. The summed E-state index contributed by atoms with van der Waals surface area (Å²) in [7, 11) is 3.16. The van der Waals surface area contributed by atoms with Crippen LogP contribution in [0.1, 0.15) is 11.1 Å². The van der Waals surface area contributed by atoms with Crippen LogP contribution in [0.2, 0.25) is 0 Å². The van der Waals surface area contributed by atoms with Gasteiger partial charge in [-0.25, -0.2) is 0 Å². The van der Waals surface area contributed by atoms with Crippen LogP contribution in [0.4, 0.5) is 0 Å². The van der Waals surface area contributed by atoms with Crippen LogP contribution in [0.5, 0.6) is 17.2 Å². The van der Waals surface area contributed by atoms with Gasteiger partial charge in [-0.2, -0.15) is 0 Å². The Morgan fingerprint density at radius 2 is 1.55 bits per heavy atom. The van der Waals surface area contributed by atoms with Gasteiger partial charge in [-0.1, -0.05) is 30.3 Å². The zero-order valence-corrected chi connectivity index (χ0v) is 11.7. The molecule has 0 bridgehead atoms. The number of ether oxygens (including phenoxy) is 2. The maximum atomic E-state index is 9.60. The normalized spacial score (nSPS) is 10.3. The van der Waals surface area contributed by atoms with Gasteiger partial charge in [-0.05, 0) is 5.56 Å². The van der Waals surface area contributed by atoms with Gasteiger partial charge in [-0.3, -0.25) is 0 Å². The fourth-order valence-electron chi connectivity index (χ4n) is 2.07. The lowest BCUT2D eigenvalue weighted by Crippen LogP contribution is -2.14. The van der Waals surface area contributed by atoms with Crippen LogP contribution >= 0.6 is 0 Å². The summed E-state index contributed by atoms with van der Waals surface area (Å²) in [6.07, 6.45) is 0. The number of aromatic hydroxyl groups is 1. The van der Waals surface area contributed by atoms with Gasteiger partial charge in [-0.15, -0.1) is 0 Å². The van der Waals surface area contributed by atoms with Crippen LogP contribution in [0.3, 0.4) is 0 Å². The maximum absolute atomic E-state index is 9.60. The number of phenols is 1. The summed E-state index contributed by atoms with van der Waals surface area (Å²) in [5.41, 5.74) is 2.10. The largest absolute Gasteiger partial charge is 0.508 e. The number of hydrogen-bond acceptors (Lipinski definition) is 4. The third-order valence-corrected chi connectivity index (χ3v) is 3.07. The van der Waals surface area contributed by atoms with E-state index in [0.717, 1.165) is 12.1 Å². The molecule has 2 rings (SSSR count). The molecule has 2 aromatic carbocycles. The van der Waals surface area contributed by atoms with Crippen LogP contribution in [-0.4, -0.2) is 19.3 Å². The Morgan fingerprint density at radius 1 is 0.950 bits per heavy atom. The Bertz CT molecular complexity index is 530. The molecule has 0 saturated carbocycles. The second-order valence-electron chi connectivity index (χ2n) is 4.42. The number of nitrogens with one attached hydrogen (secondary N) is 1. The molecular weight excluding hydrogens is 254 g/mol. The standard InChI is InChI=1S/C16H19NO3/c1-19-15-8-13(18)9-16(20-2)14(15)11-17-10-12-6-4-3-5-7-12/h3-9,17-18H,10-11H2,1-2H3. The summed E-state index contributed by atoms with van der Waals surface area (Å²) in [5, 5.41) is 12.9. The molecule has 0 fully saturated rings. The molecule has 0 aromatic heterocycles. The van der Waals surface area contributed by atoms with E-state index in [2.05, 4.69) is 17.4 Å². The van der Waals surface area contributed by atoms with Gasteiger partial charge in [0.15, 0.2) is 0 Å². The zero-order chi connectivity index (χ0) is 14.4. The van der Waals surface area contributed by atoms with Gasteiger partial charge in [0, 0.05) is 25.2 Å². The average molecular weight is 273 g/mol. The van der Waals surface area contributed by atoms with Crippen molar-refractivity contribution in [1.29, 1.82) is 0 Å². The highest BCUT2D eigenvalue weighted by Gasteiger charge is 2.11. The topological polar surface area (TPSA) is 50.7 Å². The van der Waals surface area contributed by atoms with Gasteiger partial charge >= 0.3 is 0 Å². The summed E-state index contributed by atoms with van der Waals surface area (Å²) in [6, 6.07) is 13.3. The Morgan fingerprint density at radius 3 is 2.10 bits per heavy atom. The van der Waals surface area contributed by atoms with E-state index in [4.69, 9.17) is 9.47 Å². The van der Waals surface area contributed by atoms with Gasteiger partial charge in [0.1, 0.15) is 17.2 Å². The summed E-state index contributed by atoms with van der Waals surface area (Å²) >= 11 is 0. The van der Waals surface area contributed by atoms with E-state index in [1.165, 1.54) is 5.56 Å². The molecule has 0 unspecified atom stereocenters. The lowest BCUT2D eigenvalue weighted by atomic mass is 10.1. The monoisotopic (exact) mass is 273 g/mol. The molecular formula is C16H19NO3. The number of methoxy groups -OCH3 is 2. The smallest absolute Gasteiger partial charge is 0.130 e. The summed E-state index contributed by atoms with van der Waals surface area (Å²) in [6.45, 7) is 1.36. The second kappa shape index (κ2) is 6.82. The van der Waals surface area contributed by atoms with E-state index < -0.39 is 0 Å². The second-order valence-corrected chi connectivity index (χ2v) is 4.42. The quantitative estimate of drug-likeness (QED) is 0.849. The van der Waals surface area contributed by atoms with E-state index in [1.54, 1.807) is 26.4 Å². The molecule has 2 aromatic rings. The first-order valence-electron chi connectivity index (χ1n) is 6.43. The van der Waals surface area contributed by atoms with Crippen molar-refractivity contribution in [2.24, 2.45) is 0 Å². The fraction of sp³-hybridized carbons (Fsp3) is 0.250. The van der Waals surface area contributed by atoms with Crippen molar-refractivity contribution in [3.63, 3.8) is 0 Å². The minimum Gasteiger partial charge on any atom is -0.508 e. The van der Waals surface area contributed by atoms with Gasteiger partial charge < -0.3 is 19.9 Å². The predicted molar refractivity (Wildman–Crippen MR) is 78.2 cm³/mol. The van der Waals surface area contributed by atoms with Crippen molar-refractivity contribution in [2.45, 2.75) is 13.1 Å². The minimum absolute atomic E-state index is 0.130. The number of phenolic OH excluding ortho intramolecular Hbond substituents is 1. The van der Waals surface area contributed by atoms with E-state index in [1.807, 2.05) is 18.2 Å². The molecule has 0 atom stereocenters. The van der Waals surface area contributed by atoms with E-state index in [9.17, 15) is 5.11 Å². The molecule has 4 heteroatoms. The molecule has 0 heterocycles. The first kappa shape index (κ1) is 14.2. The number of rotatable bonds is 6. The third-order valence-electron chi connectivity index (χ3n) is 3.07. The van der Waals surface area contributed by atoms with Crippen molar-refractivity contribution < 1.29 is 14.6 Å². The summed E-state index contributed by atoms with van der Waals surface area (Å²) in [4.78, 5) is 0. The molecule has 0 amide bonds. The molecule has 0 aliphatic heterocycles. The summed E-state index contributed by atoms with van der Waals surface area (Å²) < 4.78 is 10.6. The lowest BCUT2D eigenvalue weighted by molar-refractivity contribution is 0.374. The Balaban J connectivity index is 2.08. The molecule has 0 aliphatic carbocycles. The van der Waals surface area contributed by atoms with Gasteiger partial charge in [0.2, 0.25) is 0 Å². The molecule has 4 nitrogen and oxygen atoms in total. The van der Waals surface area contributed by atoms with Crippen LogP contribution in [-0.2, 0) is 13.1 Å². The molecule has 0 saturated heterocycles. The summed E-state index contributed by atoms with van der Waals surface area (Å²) in [5.74, 6) is 1.36. The highest BCUT2D eigenvalue weighted by atomic mass is 16.5. The van der Waals surface area contributed by atoms with Crippen molar-refractivity contribution in [2.75, 3.05) is 14.2 Å². The Kier molecular flexibility index (Phi) is 4.85. The van der Waals surface area contributed by atoms with Crippen molar-refractivity contribution >= 4 is 0 Å². The lowest BCUT2D eigenvalue weighted by Gasteiger charge is -2.14. The van der Waals surface area contributed by atoms with E-state index >= 15 is 0 Å². The SMILES string of the molecule is COc1cc(O)cc(OC)c1CNCc1ccccc1. The predicted octanol–water partition coefficient (Wildman–Crippen LogP) is 2.70. The molecule has 20 heavy (non-hydrogen) atoms. The minimum atomic E-state index is 0.130. The highest BCUT2D eigenvalue weighted by Crippen LogP contribution is 2.33. The van der Waals surface area contributed by atoms with Crippen molar-refractivity contribution in [3.8, 4) is 17.2 Å². The number of benzene rings is 2. The molecule has 0 aliphatic rings. The first-order valence-corrected chi connectivity index (χ1v) is 6.43. The van der Waals surface area contributed by atoms with Crippen LogP contribution < -0.4 is 14.8 Å². The van der Waals surface area contributed by atoms with Gasteiger partial charge in [0.05, 0.1) is 19.8 Å². The third kappa shape index (κ3) is 3.42. The Labute approximate surface area is 119 Å². The van der Waals surface area contributed by atoms with Crippen LogP contribution in [0.15, 0.2) is 42.5 Å². The van der Waals surface area contributed by atoms with Crippen molar-refractivity contribution in [3.05, 3.63) is 53.6 Å². The zero-order valence-electron chi connectivity index (χ0n) is 11.7. The number of hydrogen-bond donors (Lipinski definition) is 2. The van der Waals surface area contributed by atoms with Crippen molar-refractivity contribution in [1.82, 2.24) is 5.32 Å². The molecule has 0 radical (unpaired) electrons. The first-order chi connectivity index (χ1) is 9.74. The van der Waals surface area contributed by atoms with Crippen LogP contribution in [0, 0.1) is 0 Å². The van der Waals surface area contributed by atoms with E-state index in [0.29, 0.717) is 18.0 Å². The average Bonchev–Trinajstić information content (AvgIpc) is 2.49. The molecule has 0 spiro atoms. The van der Waals surface area contributed by atoms with Gasteiger partial charge in [0.25, 0.3) is 0 Å². The molecule has 106 valence electrons. The van der Waals surface area contributed by atoms with Crippen LogP contribution in [0.25, 0.3) is 0 Å². The molecule has 2 N–H and O–H groups in total. The Hall–Kier alpha value is -2.20. The maximum Gasteiger partial charge on any atom is 0.130 e. The van der Waals surface area contributed by atoms with E-state index in [-0.39, 0.29) is 5.75 Å². The fourth-order valence-corrected chi connectivity index (χ4v) is 2.07.